The molecule has 1 amide bonds. The number of hydrogen-bond acceptors (Lipinski definition) is 5. The van der Waals surface area contributed by atoms with Crippen molar-refractivity contribution in [1.29, 1.82) is 0 Å². The minimum Gasteiger partial charge on any atom is -0.380 e. The molecule has 1 atom stereocenters. The predicted molar refractivity (Wildman–Crippen MR) is 85.7 cm³/mol. The Morgan fingerprint density at radius 3 is 2.75 bits per heavy atom. The van der Waals surface area contributed by atoms with Gasteiger partial charge in [-0.3, -0.25) is 4.79 Å². The fraction of sp³-hybridized carbons (Fsp3) is 0.333. The Labute approximate surface area is 140 Å². The van der Waals surface area contributed by atoms with Crippen molar-refractivity contribution < 1.29 is 22.7 Å². The number of nitrogens with one attached hydrogen (secondary N) is 1. The molecule has 0 aliphatic carbocycles. The first-order valence-electron chi connectivity index (χ1n) is 7.00. The number of nitrogens with two attached hydrogens (primary N) is 1. The number of nitrogens with zero attached hydrogens (tertiary/aromatic N) is 1. The Balaban J connectivity index is 2.16. The molecule has 2 aromatic rings. The molecule has 3 N–H and O–H groups in total. The quantitative estimate of drug-likeness (QED) is 0.831. The van der Waals surface area contributed by atoms with Crippen LogP contribution >= 0.6 is 11.3 Å². The van der Waals surface area contributed by atoms with Crippen molar-refractivity contribution in [3.05, 3.63) is 35.2 Å². The van der Waals surface area contributed by atoms with E-state index in [9.17, 15) is 18.0 Å². The van der Waals surface area contributed by atoms with Gasteiger partial charge in [0.25, 0.3) is 0 Å². The number of carbonyl (C=O) groups excluding carboxylic acids is 1. The van der Waals surface area contributed by atoms with Gasteiger partial charge in [-0.1, -0.05) is 18.2 Å². The number of methoxy groups -OCH3 is 1. The highest BCUT2D eigenvalue weighted by Crippen LogP contribution is 2.37. The van der Waals surface area contributed by atoms with Crippen LogP contribution in [0.1, 0.15) is 12.0 Å². The van der Waals surface area contributed by atoms with Gasteiger partial charge in [-0.05, 0) is 6.07 Å². The summed E-state index contributed by atoms with van der Waals surface area (Å²) in [4.78, 5) is 15.9. The number of aromatic nitrogens is 1. The van der Waals surface area contributed by atoms with Crippen LogP contribution in [0.3, 0.4) is 0 Å². The van der Waals surface area contributed by atoms with Gasteiger partial charge in [0.05, 0.1) is 23.8 Å². The van der Waals surface area contributed by atoms with Crippen LogP contribution in [0.2, 0.25) is 0 Å². The van der Waals surface area contributed by atoms with E-state index in [-0.39, 0.29) is 35.3 Å². The van der Waals surface area contributed by atoms with Gasteiger partial charge < -0.3 is 15.8 Å². The Bertz CT molecular complexity index is 699. The van der Waals surface area contributed by atoms with Gasteiger partial charge in [0.2, 0.25) is 5.91 Å². The third-order valence-electron chi connectivity index (χ3n) is 3.27. The van der Waals surface area contributed by atoms with Crippen molar-refractivity contribution in [1.82, 2.24) is 4.98 Å². The first-order chi connectivity index (χ1) is 11.3. The van der Waals surface area contributed by atoms with Crippen LogP contribution in [0.5, 0.6) is 0 Å². The lowest BCUT2D eigenvalue weighted by Crippen LogP contribution is -2.28. The van der Waals surface area contributed by atoms with E-state index < -0.39 is 17.8 Å². The molecule has 5 nitrogen and oxygen atoms in total. The number of amides is 1. The highest BCUT2D eigenvalue weighted by molar-refractivity contribution is 7.14. The topological polar surface area (TPSA) is 77.2 Å². The van der Waals surface area contributed by atoms with Gasteiger partial charge >= 0.3 is 6.18 Å². The SMILES string of the molecule is COC(CN)CC(=O)Nc1nc(-c2ccccc2C(F)(F)F)cs1. The number of halogens is 3. The Morgan fingerprint density at radius 2 is 2.12 bits per heavy atom. The predicted octanol–water partition coefficient (Wildman–Crippen LogP) is 3.13. The number of hydrogen-bond donors (Lipinski definition) is 2. The molecular weight excluding hydrogens is 343 g/mol. The summed E-state index contributed by atoms with van der Waals surface area (Å²) in [5, 5.41) is 4.23. The molecule has 0 radical (unpaired) electrons. The lowest BCUT2D eigenvalue weighted by molar-refractivity contribution is -0.137. The molecule has 2 rings (SSSR count). The molecule has 0 spiro atoms. The minimum atomic E-state index is -4.48. The number of ether oxygens (including phenoxy) is 1. The lowest BCUT2D eigenvalue weighted by Gasteiger charge is -2.11. The fourth-order valence-electron chi connectivity index (χ4n) is 2.05. The smallest absolute Gasteiger partial charge is 0.380 e. The molecule has 1 heterocycles. The summed E-state index contributed by atoms with van der Waals surface area (Å²) in [5.74, 6) is -0.364. The number of alkyl halides is 3. The third-order valence-corrected chi connectivity index (χ3v) is 4.03. The van der Waals surface area contributed by atoms with Crippen LogP contribution in [-0.4, -0.2) is 30.6 Å². The van der Waals surface area contributed by atoms with Crippen LogP contribution in [0.15, 0.2) is 29.6 Å². The average molecular weight is 359 g/mol. The molecule has 24 heavy (non-hydrogen) atoms. The summed E-state index contributed by atoms with van der Waals surface area (Å²) in [5.41, 5.74) is 4.80. The summed E-state index contributed by atoms with van der Waals surface area (Å²) in [7, 11) is 1.44. The average Bonchev–Trinajstić information content (AvgIpc) is 3.00. The highest BCUT2D eigenvalue weighted by Gasteiger charge is 2.33. The van der Waals surface area contributed by atoms with Crippen molar-refractivity contribution >= 4 is 22.4 Å². The number of anilines is 1. The largest absolute Gasteiger partial charge is 0.417 e. The Morgan fingerprint density at radius 1 is 1.42 bits per heavy atom. The standard InChI is InChI=1S/C15H16F3N3O2S/c1-23-9(7-19)6-13(22)21-14-20-12(8-24-14)10-4-2-3-5-11(10)15(16,17)18/h2-5,8-9H,6-7,19H2,1H3,(H,20,21,22). The van der Waals surface area contributed by atoms with Gasteiger partial charge in [0.1, 0.15) is 0 Å². The van der Waals surface area contributed by atoms with Crippen molar-refractivity contribution in [3.8, 4) is 11.3 Å². The molecule has 0 aliphatic heterocycles. The molecule has 0 saturated carbocycles. The molecular formula is C15H16F3N3O2S. The van der Waals surface area contributed by atoms with E-state index >= 15 is 0 Å². The van der Waals surface area contributed by atoms with Crippen LogP contribution in [0.25, 0.3) is 11.3 Å². The summed E-state index contributed by atoms with van der Waals surface area (Å²) in [6, 6.07) is 5.17. The van der Waals surface area contributed by atoms with Crippen molar-refractivity contribution in [2.24, 2.45) is 5.73 Å². The van der Waals surface area contributed by atoms with Crippen molar-refractivity contribution in [2.75, 3.05) is 19.0 Å². The van der Waals surface area contributed by atoms with Crippen LogP contribution in [0, 0.1) is 0 Å². The summed E-state index contributed by atoms with van der Waals surface area (Å²) in [6.07, 6.45) is -4.85. The monoisotopic (exact) mass is 359 g/mol. The molecule has 0 saturated heterocycles. The first kappa shape index (κ1) is 18.4. The van der Waals surface area contributed by atoms with Crippen molar-refractivity contribution in [2.45, 2.75) is 18.7 Å². The van der Waals surface area contributed by atoms with Crippen LogP contribution < -0.4 is 11.1 Å². The van der Waals surface area contributed by atoms with E-state index in [1.54, 1.807) is 0 Å². The zero-order chi connectivity index (χ0) is 17.7. The van der Waals surface area contributed by atoms with E-state index in [1.165, 1.54) is 30.7 Å². The van der Waals surface area contributed by atoms with Crippen molar-refractivity contribution in [3.63, 3.8) is 0 Å². The Hall–Kier alpha value is -1.97. The normalized spacial score (nSPS) is 12.9. The number of rotatable bonds is 6. The van der Waals surface area contributed by atoms with E-state index in [0.717, 1.165) is 17.4 Å². The maximum atomic E-state index is 13.1. The molecule has 1 unspecified atom stereocenters. The Kier molecular flexibility index (Phi) is 5.92. The molecule has 1 aromatic heterocycles. The molecule has 130 valence electrons. The fourth-order valence-corrected chi connectivity index (χ4v) is 2.78. The molecule has 0 fully saturated rings. The highest BCUT2D eigenvalue weighted by atomic mass is 32.1. The lowest BCUT2D eigenvalue weighted by atomic mass is 10.1. The number of benzene rings is 1. The van der Waals surface area contributed by atoms with E-state index in [4.69, 9.17) is 10.5 Å². The second kappa shape index (κ2) is 7.73. The first-order valence-corrected chi connectivity index (χ1v) is 7.88. The zero-order valence-corrected chi connectivity index (χ0v) is 13.6. The third kappa shape index (κ3) is 4.53. The maximum absolute atomic E-state index is 13.1. The van der Waals surface area contributed by atoms with Gasteiger partial charge in [0.15, 0.2) is 5.13 Å². The van der Waals surface area contributed by atoms with Gasteiger partial charge in [0, 0.05) is 24.6 Å². The second-order valence-corrected chi connectivity index (χ2v) is 5.79. The molecule has 0 bridgehead atoms. The van der Waals surface area contributed by atoms with Crippen LogP contribution in [-0.2, 0) is 15.7 Å². The van der Waals surface area contributed by atoms with Gasteiger partial charge in [-0.15, -0.1) is 11.3 Å². The molecule has 1 aromatic carbocycles. The molecule has 0 aliphatic rings. The second-order valence-electron chi connectivity index (χ2n) is 4.93. The number of thiazole rings is 1. The van der Waals surface area contributed by atoms with E-state index in [2.05, 4.69) is 10.3 Å². The van der Waals surface area contributed by atoms with Crippen LogP contribution in [0.4, 0.5) is 18.3 Å². The van der Waals surface area contributed by atoms with E-state index in [0.29, 0.717) is 0 Å². The zero-order valence-electron chi connectivity index (χ0n) is 12.8. The maximum Gasteiger partial charge on any atom is 0.417 e. The summed E-state index contributed by atoms with van der Waals surface area (Å²) < 4.78 is 44.2. The molecule has 9 heteroatoms. The number of carbonyl (C=O) groups is 1. The summed E-state index contributed by atoms with van der Waals surface area (Å²) in [6.45, 7) is 0.187. The van der Waals surface area contributed by atoms with Gasteiger partial charge in [-0.25, -0.2) is 4.98 Å². The minimum absolute atomic E-state index is 0.0292. The van der Waals surface area contributed by atoms with Gasteiger partial charge in [-0.2, -0.15) is 13.2 Å². The van der Waals surface area contributed by atoms with E-state index in [1.807, 2.05) is 0 Å². The summed E-state index contributed by atoms with van der Waals surface area (Å²) >= 11 is 1.05.